The Balaban J connectivity index is 1.49. The molecule has 1 aliphatic carbocycles. The molecule has 1 saturated heterocycles. The van der Waals surface area contributed by atoms with Gasteiger partial charge < -0.3 is 9.64 Å². The molecule has 29 heavy (non-hydrogen) atoms. The summed E-state index contributed by atoms with van der Waals surface area (Å²) in [4.78, 5) is 20.0. The van der Waals surface area contributed by atoms with E-state index < -0.39 is 0 Å². The lowest BCUT2D eigenvalue weighted by molar-refractivity contribution is -0.129. The Morgan fingerprint density at radius 2 is 2.00 bits per heavy atom. The van der Waals surface area contributed by atoms with Gasteiger partial charge in [-0.2, -0.15) is 5.10 Å². The number of carbonyl (C=O) groups excluding carboxylic acids is 1. The number of amides is 1. The second kappa shape index (κ2) is 8.17. The lowest BCUT2D eigenvalue weighted by atomic mass is 9.76. The summed E-state index contributed by atoms with van der Waals surface area (Å²) in [6.45, 7) is 8.42. The molecule has 1 atom stereocenters. The number of carbonyl (C=O) groups is 1. The van der Waals surface area contributed by atoms with Crippen molar-refractivity contribution in [2.24, 2.45) is 5.41 Å². The molecule has 1 saturated carbocycles. The summed E-state index contributed by atoms with van der Waals surface area (Å²) >= 11 is 0. The topological polar surface area (TPSA) is 71.1 Å². The standard InChI is InChI=1S/C23H32N4O2/c1-4-29-18-9-7-17(8-10-18)13-20(28)27-14-19(23(15-27)11-5-6-12-23)22-24-21(16(2)3)25-26-22/h7-10,16,19H,4-6,11-15H2,1-3H3,(H,24,25,26). The van der Waals surface area contributed by atoms with Crippen LogP contribution in [-0.2, 0) is 11.2 Å². The van der Waals surface area contributed by atoms with Gasteiger partial charge in [-0.05, 0) is 42.9 Å². The van der Waals surface area contributed by atoms with Crippen LogP contribution in [0.5, 0.6) is 5.75 Å². The molecular formula is C23H32N4O2. The van der Waals surface area contributed by atoms with Gasteiger partial charge in [0.15, 0.2) is 5.82 Å². The Kier molecular flexibility index (Phi) is 5.61. The normalized spacial score (nSPS) is 20.7. The van der Waals surface area contributed by atoms with Crippen LogP contribution in [0.15, 0.2) is 24.3 Å². The van der Waals surface area contributed by atoms with Gasteiger partial charge in [-0.1, -0.05) is 38.8 Å². The Morgan fingerprint density at radius 1 is 1.28 bits per heavy atom. The molecule has 2 aromatic rings. The van der Waals surface area contributed by atoms with Gasteiger partial charge in [0.25, 0.3) is 0 Å². The van der Waals surface area contributed by atoms with Gasteiger partial charge in [-0.25, -0.2) is 4.98 Å². The minimum absolute atomic E-state index is 0.155. The number of hydrogen-bond acceptors (Lipinski definition) is 4. The summed E-state index contributed by atoms with van der Waals surface area (Å²) in [5.41, 5.74) is 1.19. The maximum atomic E-state index is 13.1. The van der Waals surface area contributed by atoms with Crippen molar-refractivity contribution in [2.45, 2.75) is 64.7 Å². The predicted molar refractivity (Wildman–Crippen MR) is 112 cm³/mol. The zero-order valence-corrected chi connectivity index (χ0v) is 17.8. The molecule has 0 bridgehead atoms. The highest BCUT2D eigenvalue weighted by atomic mass is 16.5. The summed E-state index contributed by atoms with van der Waals surface area (Å²) in [7, 11) is 0. The number of nitrogens with one attached hydrogen (secondary N) is 1. The molecule has 4 rings (SSSR count). The van der Waals surface area contributed by atoms with Crippen molar-refractivity contribution < 1.29 is 9.53 Å². The van der Waals surface area contributed by atoms with Crippen molar-refractivity contribution in [1.29, 1.82) is 0 Å². The van der Waals surface area contributed by atoms with Crippen LogP contribution in [0, 0.1) is 5.41 Å². The van der Waals surface area contributed by atoms with Crippen LogP contribution in [0.25, 0.3) is 0 Å². The van der Waals surface area contributed by atoms with Gasteiger partial charge in [-0.3, -0.25) is 9.89 Å². The number of nitrogens with zero attached hydrogens (tertiary/aromatic N) is 3. The maximum Gasteiger partial charge on any atom is 0.227 e. The Hall–Kier alpha value is -2.37. The maximum absolute atomic E-state index is 13.1. The first-order valence-corrected chi connectivity index (χ1v) is 10.9. The fourth-order valence-corrected chi connectivity index (χ4v) is 4.98. The van der Waals surface area contributed by atoms with Crippen LogP contribution >= 0.6 is 0 Å². The Morgan fingerprint density at radius 3 is 2.62 bits per heavy atom. The van der Waals surface area contributed by atoms with Crippen molar-refractivity contribution in [3.05, 3.63) is 41.5 Å². The van der Waals surface area contributed by atoms with E-state index in [1.54, 1.807) is 0 Å². The van der Waals surface area contributed by atoms with E-state index in [0.29, 0.717) is 18.9 Å². The monoisotopic (exact) mass is 396 g/mol. The number of H-pyrrole nitrogens is 1. The van der Waals surface area contributed by atoms with Gasteiger partial charge in [0.1, 0.15) is 11.6 Å². The third-order valence-corrected chi connectivity index (χ3v) is 6.56. The third kappa shape index (κ3) is 4.02. The second-order valence-electron chi connectivity index (χ2n) is 8.88. The van der Waals surface area contributed by atoms with Gasteiger partial charge >= 0.3 is 0 Å². The molecular weight excluding hydrogens is 364 g/mol. The van der Waals surface area contributed by atoms with Crippen LogP contribution in [0.4, 0.5) is 0 Å². The minimum Gasteiger partial charge on any atom is -0.494 e. The second-order valence-corrected chi connectivity index (χ2v) is 8.88. The SMILES string of the molecule is CCOc1ccc(CC(=O)N2CC(c3nc(C(C)C)n[nH]3)C3(CCCC3)C2)cc1. The number of aromatic amines is 1. The average molecular weight is 397 g/mol. The van der Waals surface area contributed by atoms with E-state index in [4.69, 9.17) is 9.72 Å². The van der Waals surface area contributed by atoms with Gasteiger partial charge in [0.05, 0.1) is 13.0 Å². The molecule has 6 heteroatoms. The average Bonchev–Trinajstić information content (AvgIpc) is 3.44. The van der Waals surface area contributed by atoms with Crippen LogP contribution < -0.4 is 4.74 Å². The molecule has 1 aromatic heterocycles. The number of aromatic nitrogens is 3. The molecule has 1 amide bonds. The minimum atomic E-state index is 0.155. The summed E-state index contributed by atoms with van der Waals surface area (Å²) in [5.74, 6) is 3.44. The van der Waals surface area contributed by atoms with Crippen LogP contribution in [-0.4, -0.2) is 45.7 Å². The van der Waals surface area contributed by atoms with E-state index in [2.05, 4.69) is 28.9 Å². The molecule has 1 spiro atoms. The van der Waals surface area contributed by atoms with Crippen LogP contribution in [0.3, 0.4) is 0 Å². The van der Waals surface area contributed by atoms with Gasteiger partial charge in [-0.15, -0.1) is 0 Å². The summed E-state index contributed by atoms with van der Waals surface area (Å²) in [6.07, 6.45) is 5.25. The van der Waals surface area contributed by atoms with Crippen molar-refractivity contribution in [1.82, 2.24) is 20.1 Å². The van der Waals surface area contributed by atoms with Crippen LogP contribution in [0.1, 0.15) is 75.5 Å². The van der Waals surface area contributed by atoms with E-state index in [1.165, 1.54) is 25.7 Å². The van der Waals surface area contributed by atoms with E-state index in [-0.39, 0.29) is 17.2 Å². The van der Waals surface area contributed by atoms with Crippen molar-refractivity contribution in [2.75, 3.05) is 19.7 Å². The van der Waals surface area contributed by atoms with Crippen molar-refractivity contribution >= 4 is 5.91 Å². The summed E-state index contributed by atoms with van der Waals surface area (Å²) in [5, 5.41) is 7.62. The highest BCUT2D eigenvalue weighted by Gasteiger charge is 2.51. The smallest absolute Gasteiger partial charge is 0.227 e. The molecule has 0 radical (unpaired) electrons. The molecule has 1 aromatic carbocycles. The van der Waals surface area contributed by atoms with Crippen LogP contribution in [0.2, 0.25) is 0 Å². The zero-order valence-electron chi connectivity index (χ0n) is 17.8. The number of likely N-dealkylation sites (tertiary alicyclic amines) is 1. The number of ether oxygens (including phenoxy) is 1. The summed E-state index contributed by atoms with van der Waals surface area (Å²) in [6, 6.07) is 7.87. The first kappa shape index (κ1) is 19.9. The fourth-order valence-electron chi connectivity index (χ4n) is 4.98. The first-order valence-electron chi connectivity index (χ1n) is 10.9. The van der Waals surface area contributed by atoms with E-state index in [0.717, 1.165) is 36.1 Å². The molecule has 2 heterocycles. The lowest BCUT2D eigenvalue weighted by Gasteiger charge is -2.28. The lowest BCUT2D eigenvalue weighted by Crippen LogP contribution is -2.32. The predicted octanol–water partition coefficient (Wildman–Crippen LogP) is 4.06. The molecule has 1 N–H and O–H groups in total. The molecule has 2 fully saturated rings. The number of hydrogen-bond donors (Lipinski definition) is 1. The van der Waals surface area contributed by atoms with E-state index in [1.807, 2.05) is 31.2 Å². The molecule has 2 aliphatic rings. The first-order chi connectivity index (χ1) is 14.0. The highest BCUT2D eigenvalue weighted by molar-refractivity contribution is 5.79. The van der Waals surface area contributed by atoms with Crippen molar-refractivity contribution in [3.63, 3.8) is 0 Å². The van der Waals surface area contributed by atoms with Crippen molar-refractivity contribution in [3.8, 4) is 5.75 Å². The Bertz CT molecular complexity index is 837. The summed E-state index contributed by atoms with van der Waals surface area (Å²) < 4.78 is 5.50. The fraction of sp³-hybridized carbons (Fsp3) is 0.609. The van der Waals surface area contributed by atoms with E-state index in [9.17, 15) is 4.79 Å². The highest BCUT2D eigenvalue weighted by Crippen LogP contribution is 2.52. The molecule has 1 unspecified atom stereocenters. The van der Waals surface area contributed by atoms with E-state index >= 15 is 0 Å². The molecule has 6 nitrogen and oxygen atoms in total. The molecule has 156 valence electrons. The third-order valence-electron chi connectivity index (χ3n) is 6.56. The quantitative estimate of drug-likeness (QED) is 0.799. The Labute approximate surface area is 173 Å². The number of rotatable bonds is 6. The zero-order chi connectivity index (χ0) is 20.4. The largest absolute Gasteiger partial charge is 0.494 e. The van der Waals surface area contributed by atoms with Gasteiger partial charge in [0, 0.05) is 24.9 Å². The van der Waals surface area contributed by atoms with Gasteiger partial charge in [0.2, 0.25) is 5.91 Å². The number of benzene rings is 1. The molecule has 1 aliphatic heterocycles.